The SMILES string of the molecule is CC1=C2N=C(CCc3nc(N4CCCCC4)nn3C)N=[N+]2C(C)C=N1. The highest BCUT2D eigenvalue weighted by atomic mass is 15.4. The summed E-state index contributed by atoms with van der Waals surface area (Å²) in [5.74, 6) is 3.56. The van der Waals surface area contributed by atoms with Gasteiger partial charge < -0.3 is 4.90 Å². The molecule has 1 unspecified atom stereocenters. The number of aromatic nitrogens is 3. The van der Waals surface area contributed by atoms with E-state index in [4.69, 9.17) is 4.98 Å². The number of hydrogen-bond acceptors (Lipinski definition) is 6. The fraction of sp³-hybridized carbons (Fsp3) is 0.647. The molecular formula is C17H25N8+. The molecule has 0 saturated carbocycles. The molecule has 25 heavy (non-hydrogen) atoms. The third kappa shape index (κ3) is 3.12. The van der Waals surface area contributed by atoms with E-state index in [-0.39, 0.29) is 6.04 Å². The summed E-state index contributed by atoms with van der Waals surface area (Å²) in [6.45, 7) is 6.17. The molecule has 8 nitrogen and oxygen atoms in total. The highest BCUT2D eigenvalue weighted by Gasteiger charge is 2.33. The maximum Gasteiger partial charge on any atom is 0.367 e. The Morgan fingerprint density at radius 3 is 2.76 bits per heavy atom. The number of hydrogen-bond donors (Lipinski definition) is 0. The Kier molecular flexibility index (Phi) is 4.19. The highest BCUT2D eigenvalue weighted by Crippen LogP contribution is 2.23. The fourth-order valence-electron chi connectivity index (χ4n) is 3.42. The van der Waals surface area contributed by atoms with Crippen molar-refractivity contribution in [3.05, 3.63) is 17.3 Å². The van der Waals surface area contributed by atoms with Crippen molar-refractivity contribution in [2.45, 2.75) is 52.0 Å². The topological polar surface area (TPSA) is 74.0 Å². The third-order valence-electron chi connectivity index (χ3n) is 4.92. The minimum Gasteiger partial charge on any atom is -0.340 e. The van der Waals surface area contributed by atoms with Crippen LogP contribution in [0.25, 0.3) is 0 Å². The summed E-state index contributed by atoms with van der Waals surface area (Å²) in [6, 6.07) is 0.153. The number of amidine groups is 1. The lowest BCUT2D eigenvalue weighted by Crippen LogP contribution is -2.30. The molecule has 0 N–H and O–H groups in total. The molecule has 1 atom stereocenters. The van der Waals surface area contributed by atoms with Crippen LogP contribution in [0.5, 0.6) is 0 Å². The molecule has 4 rings (SSSR count). The molecule has 8 heteroatoms. The Balaban J connectivity index is 1.45. The average Bonchev–Trinajstić information content (AvgIpc) is 3.22. The van der Waals surface area contributed by atoms with Crippen molar-refractivity contribution in [3.63, 3.8) is 0 Å². The first-order valence-corrected chi connectivity index (χ1v) is 9.10. The molecule has 1 aromatic heterocycles. The number of fused-ring (bicyclic) bond motifs is 1. The lowest BCUT2D eigenvalue weighted by molar-refractivity contribution is -0.554. The minimum atomic E-state index is 0.153. The molecule has 4 heterocycles. The standard InChI is InChI=1S/C17H25N8/c1-12-11-18-13(2)16-19-14(21-25(12)16)7-8-15-20-17(22-23(15)3)24-9-5-4-6-10-24/h11-12H,4-10H2,1-3H3/q+1. The van der Waals surface area contributed by atoms with Gasteiger partial charge in [0.15, 0.2) is 6.04 Å². The number of anilines is 1. The minimum absolute atomic E-state index is 0.153. The normalized spacial score (nSPS) is 23.0. The van der Waals surface area contributed by atoms with Crippen molar-refractivity contribution in [1.29, 1.82) is 0 Å². The fourth-order valence-corrected chi connectivity index (χ4v) is 3.42. The molecule has 0 amide bonds. The molecule has 0 aliphatic carbocycles. The van der Waals surface area contributed by atoms with Crippen LogP contribution >= 0.6 is 0 Å². The van der Waals surface area contributed by atoms with E-state index in [1.54, 1.807) is 0 Å². The molecule has 1 aromatic rings. The maximum atomic E-state index is 4.75. The lowest BCUT2D eigenvalue weighted by atomic mass is 10.1. The van der Waals surface area contributed by atoms with Gasteiger partial charge in [-0.25, -0.2) is 0 Å². The highest BCUT2D eigenvalue weighted by molar-refractivity contribution is 5.84. The smallest absolute Gasteiger partial charge is 0.340 e. The van der Waals surface area contributed by atoms with Gasteiger partial charge in [0.1, 0.15) is 11.5 Å². The van der Waals surface area contributed by atoms with Crippen LogP contribution in [0, 0.1) is 0 Å². The molecular weight excluding hydrogens is 316 g/mol. The molecule has 3 aliphatic rings. The summed E-state index contributed by atoms with van der Waals surface area (Å²) in [6.07, 6.45) is 7.22. The number of piperidine rings is 1. The van der Waals surface area contributed by atoms with Gasteiger partial charge in [-0.2, -0.15) is 4.98 Å². The number of aliphatic imine (C=N–C) groups is 2. The number of nitrogens with zero attached hydrogens (tertiary/aromatic N) is 8. The van der Waals surface area contributed by atoms with Crippen molar-refractivity contribution in [3.8, 4) is 0 Å². The van der Waals surface area contributed by atoms with Gasteiger partial charge in [0, 0.05) is 33.0 Å². The van der Waals surface area contributed by atoms with Crippen molar-refractivity contribution in [2.75, 3.05) is 18.0 Å². The molecule has 0 radical (unpaired) electrons. The Bertz CT molecular complexity index is 792. The van der Waals surface area contributed by atoms with E-state index in [9.17, 15) is 0 Å². The van der Waals surface area contributed by atoms with Gasteiger partial charge in [-0.3, -0.25) is 9.67 Å². The summed E-state index contributed by atoms with van der Waals surface area (Å²) in [7, 11) is 1.97. The molecule has 1 saturated heterocycles. The number of rotatable bonds is 4. The Hall–Kier alpha value is -2.38. The van der Waals surface area contributed by atoms with Gasteiger partial charge in [0.2, 0.25) is 5.95 Å². The Morgan fingerprint density at radius 2 is 2.00 bits per heavy atom. The maximum absolute atomic E-state index is 4.75. The van der Waals surface area contributed by atoms with Crippen LogP contribution in [-0.2, 0) is 13.5 Å². The summed E-state index contributed by atoms with van der Waals surface area (Å²) in [4.78, 5) is 16.1. The lowest BCUT2D eigenvalue weighted by Gasteiger charge is -2.24. The summed E-state index contributed by atoms with van der Waals surface area (Å²) < 4.78 is 3.84. The van der Waals surface area contributed by atoms with Crippen molar-refractivity contribution in [2.24, 2.45) is 22.1 Å². The van der Waals surface area contributed by atoms with E-state index in [0.717, 1.165) is 55.1 Å². The van der Waals surface area contributed by atoms with Gasteiger partial charge >= 0.3 is 5.82 Å². The second-order valence-corrected chi connectivity index (χ2v) is 6.90. The monoisotopic (exact) mass is 341 g/mol. The predicted molar refractivity (Wildman–Crippen MR) is 96.2 cm³/mol. The van der Waals surface area contributed by atoms with Gasteiger partial charge in [-0.05, 0) is 43.2 Å². The Morgan fingerprint density at radius 1 is 1.20 bits per heavy atom. The van der Waals surface area contributed by atoms with Crippen LogP contribution in [0.4, 0.5) is 5.95 Å². The zero-order valence-electron chi connectivity index (χ0n) is 15.2. The van der Waals surface area contributed by atoms with E-state index in [2.05, 4.69) is 32.0 Å². The quantitative estimate of drug-likeness (QED) is 0.789. The van der Waals surface area contributed by atoms with Crippen LogP contribution < -0.4 is 4.90 Å². The van der Waals surface area contributed by atoms with Crippen molar-refractivity contribution < 1.29 is 4.70 Å². The summed E-state index contributed by atoms with van der Waals surface area (Å²) >= 11 is 0. The molecule has 1 fully saturated rings. The first-order chi connectivity index (χ1) is 12.1. The first-order valence-electron chi connectivity index (χ1n) is 9.10. The predicted octanol–water partition coefficient (Wildman–Crippen LogP) is 2.28. The molecule has 3 aliphatic heterocycles. The van der Waals surface area contributed by atoms with Gasteiger partial charge in [0.05, 0.1) is 6.21 Å². The average molecular weight is 341 g/mol. The summed E-state index contributed by atoms with van der Waals surface area (Å²) in [5.41, 5.74) is 0.919. The number of allylic oxidation sites excluding steroid dienone is 1. The van der Waals surface area contributed by atoms with Crippen LogP contribution in [0.2, 0.25) is 0 Å². The van der Waals surface area contributed by atoms with Crippen molar-refractivity contribution in [1.82, 2.24) is 14.8 Å². The zero-order chi connectivity index (χ0) is 17.4. The first kappa shape index (κ1) is 16.1. The summed E-state index contributed by atoms with van der Waals surface area (Å²) in [5, 5.41) is 9.25. The molecule has 0 bridgehead atoms. The molecule has 132 valence electrons. The second kappa shape index (κ2) is 6.50. The van der Waals surface area contributed by atoms with Crippen molar-refractivity contribution >= 4 is 18.0 Å². The van der Waals surface area contributed by atoms with Crippen LogP contribution in [0.1, 0.15) is 45.4 Å². The van der Waals surface area contributed by atoms with E-state index in [1.165, 1.54) is 19.3 Å². The second-order valence-electron chi connectivity index (χ2n) is 6.90. The van der Waals surface area contributed by atoms with Gasteiger partial charge in [-0.15, -0.1) is 9.80 Å². The van der Waals surface area contributed by atoms with Gasteiger partial charge in [0.25, 0.3) is 5.84 Å². The van der Waals surface area contributed by atoms with E-state index in [0.29, 0.717) is 0 Å². The number of aryl methyl sites for hydroxylation is 2. The van der Waals surface area contributed by atoms with E-state index < -0.39 is 0 Å². The van der Waals surface area contributed by atoms with Crippen LogP contribution in [-0.4, -0.2) is 50.6 Å². The molecule has 0 spiro atoms. The van der Waals surface area contributed by atoms with Gasteiger partial charge in [-0.1, -0.05) is 0 Å². The molecule has 0 aromatic carbocycles. The van der Waals surface area contributed by atoms with Crippen LogP contribution in [0.15, 0.2) is 26.6 Å². The third-order valence-corrected chi connectivity index (χ3v) is 4.92. The Labute approximate surface area is 147 Å². The zero-order valence-corrected chi connectivity index (χ0v) is 15.2. The number of azo groups is 2. The largest absolute Gasteiger partial charge is 0.367 e. The van der Waals surface area contributed by atoms with E-state index in [1.807, 2.05) is 29.6 Å². The van der Waals surface area contributed by atoms with E-state index >= 15 is 0 Å². The van der Waals surface area contributed by atoms with Crippen LogP contribution in [0.3, 0.4) is 0 Å².